The number of para-hydroxylation sites is 4. The Labute approximate surface area is 461 Å². The molecule has 0 unspecified atom stereocenters. The van der Waals surface area contributed by atoms with Crippen LogP contribution in [0.25, 0.3) is 146 Å². The topological polar surface area (TPSA) is 87.2 Å². The Balaban J connectivity index is 1.08. The Morgan fingerprint density at radius 1 is 0.200 bits per heavy atom. The summed E-state index contributed by atoms with van der Waals surface area (Å²) in [7, 11) is 0. The minimum Gasteiger partial charge on any atom is -0.309 e. The molecule has 4 aromatic heterocycles. The van der Waals surface area contributed by atoms with Gasteiger partial charge in [-0.2, -0.15) is 0 Å². The molecule has 0 saturated carbocycles. The van der Waals surface area contributed by atoms with Gasteiger partial charge in [0.1, 0.15) is 0 Å². The van der Waals surface area contributed by atoms with Gasteiger partial charge in [-0.05, 0) is 95.1 Å². The number of aromatic nitrogens is 8. The van der Waals surface area contributed by atoms with Crippen LogP contribution in [-0.2, 0) is 0 Å². The standard InChI is InChI=1S/C72H46N8/c1-7-23-47(24-8-1)67-73-68(48-25-9-2-10-26-48)76-71(75-67)53-45-58(51-39-41-64-60(43-51)56-35-19-21-37-62(56)79(64)54-31-15-5-16-32-54)66(72-77-69(49-27-11-3-12-28-49)74-70(78-72)50-29-13-4-14-30-50)59(46-53)52-40-42-65-61(44-52)57-36-20-22-38-63(57)80(65)55-33-17-6-18-34-55/h1-46H. The smallest absolute Gasteiger partial charge is 0.165 e. The Morgan fingerprint density at radius 3 is 0.850 bits per heavy atom. The lowest BCUT2D eigenvalue weighted by Gasteiger charge is -2.19. The van der Waals surface area contributed by atoms with E-state index in [4.69, 9.17) is 29.9 Å². The molecule has 0 saturated heterocycles. The number of rotatable bonds is 10. The quantitative estimate of drug-likeness (QED) is 0.136. The molecule has 15 aromatic rings. The first-order valence-electron chi connectivity index (χ1n) is 26.8. The molecule has 0 bridgehead atoms. The van der Waals surface area contributed by atoms with Crippen LogP contribution in [0.4, 0.5) is 0 Å². The van der Waals surface area contributed by atoms with E-state index < -0.39 is 0 Å². The van der Waals surface area contributed by atoms with E-state index in [9.17, 15) is 0 Å². The van der Waals surface area contributed by atoms with Crippen LogP contribution in [0.5, 0.6) is 0 Å². The first-order chi connectivity index (χ1) is 39.7. The predicted octanol–water partition coefficient (Wildman–Crippen LogP) is 17.6. The molecule has 0 aliphatic rings. The van der Waals surface area contributed by atoms with Crippen molar-refractivity contribution in [3.05, 3.63) is 279 Å². The average molecular weight is 1020 g/mol. The van der Waals surface area contributed by atoms with Crippen molar-refractivity contribution in [2.75, 3.05) is 0 Å². The van der Waals surface area contributed by atoms with Gasteiger partial charge in [-0.15, -0.1) is 0 Å². The van der Waals surface area contributed by atoms with E-state index in [-0.39, 0.29) is 0 Å². The fraction of sp³-hybridized carbons (Fsp3) is 0. The van der Waals surface area contributed by atoms with Gasteiger partial charge in [0, 0.05) is 66.3 Å². The van der Waals surface area contributed by atoms with Gasteiger partial charge in [0.25, 0.3) is 0 Å². The van der Waals surface area contributed by atoms with Crippen LogP contribution in [0.3, 0.4) is 0 Å². The second kappa shape index (κ2) is 19.6. The van der Waals surface area contributed by atoms with Crippen LogP contribution < -0.4 is 0 Å². The fourth-order valence-electron chi connectivity index (χ4n) is 11.3. The molecule has 0 atom stereocenters. The fourth-order valence-corrected chi connectivity index (χ4v) is 11.3. The molecule has 0 N–H and O–H groups in total. The number of fused-ring (bicyclic) bond motifs is 6. The van der Waals surface area contributed by atoms with Gasteiger partial charge in [0.05, 0.1) is 22.1 Å². The summed E-state index contributed by atoms with van der Waals surface area (Å²) in [6.07, 6.45) is 0. The van der Waals surface area contributed by atoms with Gasteiger partial charge >= 0.3 is 0 Å². The Bertz CT molecular complexity index is 4500. The molecule has 8 heteroatoms. The summed E-state index contributed by atoms with van der Waals surface area (Å²) in [4.78, 5) is 32.1. The molecule has 4 heterocycles. The second-order valence-corrected chi connectivity index (χ2v) is 19.9. The summed E-state index contributed by atoms with van der Waals surface area (Å²) in [5.41, 5.74) is 15.5. The van der Waals surface area contributed by atoms with Crippen molar-refractivity contribution in [1.82, 2.24) is 39.0 Å². The molecule has 374 valence electrons. The average Bonchev–Trinajstić information content (AvgIpc) is 4.13. The van der Waals surface area contributed by atoms with Crippen molar-refractivity contribution in [2.24, 2.45) is 0 Å². The zero-order chi connectivity index (χ0) is 52.9. The minimum absolute atomic E-state index is 0.526. The summed E-state index contributed by atoms with van der Waals surface area (Å²) in [6, 6.07) is 97.2. The molecule has 0 aliphatic heterocycles. The Hall–Kier alpha value is -11.0. The van der Waals surface area contributed by atoms with Gasteiger partial charge in [0.2, 0.25) is 0 Å². The Morgan fingerprint density at radius 2 is 0.487 bits per heavy atom. The van der Waals surface area contributed by atoms with Crippen LogP contribution in [-0.4, -0.2) is 39.0 Å². The largest absolute Gasteiger partial charge is 0.309 e. The van der Waals surface area contributed by atoms with E-state index in [0.717, 1.165) is 111 Å². The predicted molar refractivity (Wildman–Crippen MR) is 325 cm³/mol. The van der Waals surface area contributed by atoms with Crippen LogP contribution in [0.1, 0.15) is 0 Å². The molecule has 0 fully saturated rings. The van der Waals surface area contributed by atoms with Crippen molar-refractivity contribution in [3.8, 4) is 102 Å². The number of nitrogens with zero attached hydrogens (tertiary/aromatic N) is 8. The third kappa shape index (κ3) is 8.18. The monoisotopic (exact) mass is 1020 g/mol. The van der Waals surface area contributed by atoms with E-state index in [1.807, 2.05) is 97.1 Å². The number of benzene rings is 11. The minimum atomic E-state index is 0.526. The van der Waals surface area contributed by atoms with Crippen molar-refractivity contribution >= 4 is 43.6 Å². The Kier molecular flexibility index (Phi) is 11.3. The molecule has 0 amide bonds. The molecule has 0 aliphatic carbocycles. The summed E-state index contributed by atoms with van der Waals surface area (Å²) in [5, 5.41) is 4.50. The zero-order valence-electron chi connectivity index (χ0n) is 43.1. The lowest BCUT2D eigenvalue weighted by atomic mass is 9.87. The summed E-state index contributed by atoms with van der Waals surface area (Å²) in [6.45, 7) is 0. The highest BCUT2D eigenvalue weighted by Gasteiger charge is 2.26. The van der Waals surface area contributed by atoms with Crippen LogP contribution in [0.15, 0.2) is 279 Å². The third-order valence-corrected chi connectivity index (χ3v) is 15.0. The highest BCUT2D eigenvalue weighted by Crippen LogP contribution is 2.46. The van der Waals surface area contributed by atoms with Crippen LogP contribution >= 0.6 is 0 Å². The molecule has 15 rings (SSSR count). The first kappa shape index (κ1) is 46.4. The van der Waals surface area contributed by atoms with Crippen molar-refractivity contribution < 1.29 is 0 Å². The van der Waals surface area contributed by atoms with Gasteiger partial charge < -0.3 is 9.13 Å². The molecule has 8 nitrogen and oxygen atoms in total. The molecule has 0 radical (unpaired) electrons. The first-order valence-corrected chi connectivity index (χ1v) is 26.8. The zero-order valence-corrected chi connectivity index (χ0v) is 43.1. The maximum Gasteiger partial charge on any atom is 0.165 e. The molecule has 11 aromatic carbocycles. The van der Waals surface area contributed by atoms with Gasteiger partial charge in [-0.1, -0.05) is 206 Å². The van der Waals surface area contributed by atoms with Crippen molar-refractivity contribution in [2.45, 2.75) is 0 Å². The van der Waals surface area contributed by atoms with E-state index in [2.05, 4.69) is 191 Å². The van der Waals surface area contributed by atoms with Gasteiger partial charge in [-0.25, -0.2) is 29.9 Å². The van der Waals surface area contributed by atoms with Gasteiger partial charge in [0.15, 0.2) is 34.9 Å². The van der Waals surface area contributed by atoms with Crippen LogP contribution in [0, 0.1) is 0 Å². The lowest BCUT2D eigenvalue weighted by Crippen LogP contribution is -2.04. The van der Waals surface area contributed by atoms with E-state index in [1.165, 1.54) is 0 Å². The van der Waals surface area contributed by atoms with Crippen LogP contribution in [0.2, 0.25) is 0 Å². The summed E-state index contributed by atoms with van der Waals surface area (Å²) in [5.74, 6) is 3.33. The van der Waals surface area contributed by atoms with E-state index >= 15 is 0 Å². The lowest BCUT2D eigenvalue weighted by molar-refractivity contribution is 1.07. The second-order valence-electron chi connectivity index (χ2n) is 19.9. The number of hydrogen-bond donors (Lipinski definition) is 0. The molecule has 80 heavy (non-hydrogen) atoms. The highest BCUT2D eigenvalue weighted by atomic mass is 15.0. The van der Waals surface area contributed by atoms with E-state index in [0.29, 0.717) is 34.9 Å². The third-order valence-electron chi connectivity index (χ3n) is 15.0. The molecule has 0 spiro atoms. The maximum absolute atomic E-state index is 5.52. The number of hydrogen-bond acceptors (Lipinski definition) is 6. The van der Waals surface area contributed by atoms with E-state index in [1.54, 1.807) is 0 Å². The molecular formula is C72H46N8. The highest BCUT2D eigenvalue weighted by molar-refractivity contribution is 6.13. The normalized spacial score (nSPS) is 11.5. The van der Waals surface area contributed by atoms with Crippen molar-refractivity contribution in [3.63, 3.8) is 0 Å². The SMILES string of the molecule is c1ccc(-c2nc(-c3ccccc3)nc(-c3cc(-c4ccc5c(c4)c4ccccc4n5-c4ccccc4)c(-c4nc(-c5ccccc5)nc(-c5ccccc5)n4)c(-c4ccc5c(c4)c4ccccc4n5-c4ccccc4)c3)n2)cc1. The molecular weight excluding hydrogens is 977 g/mol. The van der Waals surface area contributed by atoms with Crippen molar-refractivity contribution in [1.29, 1.82) is 0 Å². The maximum atomic E-state index is 5.52. The summed E-state index contributed by atoms with van der Waals surface area (Å²) < 4.78 is 4.70. The summed E-state index contributed by atoms with van der Waals surface area (Å²) >= 11 is 0. The van der Waals surface area contributed by atoms with Gasteiger partial charge in [-0.3, -0.25) is 0 Å².